The van der Waals surface area contributed by atoms with Crippen molar-refractivity contribution in [2.45, 2.75) is 0 Å². The molecule has 1 aromatic rings. The number of nitrogens with two attached hydrogens (primary N) is 3. The van der Waals surface area contributed by atoms with Crippen LogP contribution >= 0.6 is 12.2 Å². The zero-order valence-corrected chi connectivity index (χ0v) is 10.3. The molecular formula is C10H13N5O2S. The van der Waals surface area contributed by atoms with E-state index in [1.807, 2.05) is 0 Å². The van der Waals surface area contributed by atoms with Crippen LogP contribution in [0.1, 0.15) is 5.69 Å². The zero-order chi connectivity index (χ0) is 13.7. The molecule has 0 saturated carbocycles. The molecule has 0 aliphatic carbocycles. The fraction of sp³-hybridized carbons (Fsp3) is 0.200. The lowest BCUT2D eigenvalue weighted by Crippen LogP contribution is -2.39. The number of hydrogen-bond acceptors (Lipinski definition) is 5. The van der Waals surface area contributed by atoms with Crippen LogP contribution in [0, 0.1) is 0 Å². The van der Waals surface area contributed by atoms with Crippen LogP contribution in [0.25, 0.3) is 0 Å². The summed E-state index contributed by atoms with van der Waals surface area (Å²) in [7, 11) is 0. The molecule has 0 aliphatic rings. The number of aromatic nitrogens is 1. The third-order valence-corrected chi connectivity index (χ3v) is 2.27. The molecule has 0 aliphatic heterocycles. The SMILES string of the molecule is NC(=O)CN(CC(N)=O)c1ccc(C(N)=S)nc1. The molecule has 1 heterocycles. The highest BCUT2D eigenvalue weighted by Crippen LogP contribution is 2.12. The summed E-state index contributed by atoms with van der Waals surface area (Å²) < 4.78 is 0. The summed E-state index contributed by atoms with van der Waals surface area (Å²) in [5.41, 5.74) is 16.6. The van der Waals surface area contributed by atoms with E-state index < -0.39 is 11.8 Å². The lowest BCUT2D eigenvalue weighted by molar-refractivity contribution is -0.117. The van der Waals surface area contributed by atoms with Gasteiger partial charge in [0.15, 0.2) is 0 Å². The van der Waals surface area contributed by atoms with E-state index in [1.54, 1.807) is 12.1 Å². The second-order valence-corrected chi connectivity index (χ2v) is 3.99. The van der Waals surface area contributed by atoms with Gasteiger partial charge < -0.3 is 22.1 Å². The van der Waals surface area contributed by atoms with Crippen LogP contribution in [-0.4, -0.2) is 34.9 Å². The minimum Gasteiger partial charge on any atom is -0.388 e. The molecule has 2 amide bonds. The summed E-state index contributed by atoms with van der Waals surface area (Å²) in [6.07, 6.45) is 1.44. The van der Waals surface area contributed by atoms with Gasteiger partial charge in [-0.05, 0) is 12.1 Å². The van der Waals surface area contributed by atoms with Gasteiger partial charge in [0.2, 0.25) is 11.8 Å². The molecule has 96 valence electrons. The first-order valence-electron chi connectivity index (χ1n) is 4.97. The smallest absolute Gasteiger partial charge is 0.236 e. The normalized spacial score (nSPS) is 9.78. The van der Waals surface area contributed by atoms with E-state index in [4.69, 9.17) is 29.4 Å². The zero-order valence-electron chi connectivity index (χ0n) is 9.50. The summed E-state index contributed by atoms with van der Waals surface area (Å²) in [6, 6.07) is 3.22. The number of hydrogen-bond donors (Lipinski definition) is 3. The highest BCUT2D eigenvalue weighted by atomic mass is 32.1. The van der Waals surface area contributed by atoms with Crippen molar-refractivity contribution in [1.29, 1.82) is 0 Å². The summed E-state index contributed by atoms with van der Waals surface area (Å²) >= 11 is 4.76. The van der Waals surface area contributed by atoms with Gasteiger partial charge in [-0.1, -0.05) is 12.2 Å². The molecule has 6 N–H and O–H groups in total. The summed E-state index contributed by atoms with van der Waals surface area (Å²) in [4.78, 5) is 27.4. The molecule has 0 saturated heterocycles. The van der Waals surface area contributed by atoms with Gasteiger partial charge in [-0.15, -0.1) is 0 Å². The number of thiocarbonyl (C=S) groups is 1. The largest absolute Gasteiger partial charge is 0.388 e. The van der Waals surface area contributed by atoms with Crippen molar-refractivity contribution >= 4 is 34.7 Å². The van der Waals surface area contributed by atoms with Gasteiger partial charge in [-0.25, -0.2) is 0 Å². The average Bonchev–Trinajstić information content (AvgIpc) is 2.27. The first kappa shape index (κ1) is 13.8. The van der Waals surface area contributed by atoms with Gasteiger partial charge in [0.05, 0.1) is 30.7 Å². The first-order chi connectivity index (χ1) is 8.40. The van der Waals surface area contributed by atoms with Gasteiger partial charge in [0.1, 0.15) is 4.99 Å². The number of anilines is 1. The quantitative estimate of drug-likeness (QED) is 0.538. The summed E-state index contributed by atoms with van der Waals surface area (Å²) in [6.45, 7) is -0.256. The van der Waals surface area contributed by atoms with Crippen LogP contribution < -0.4 is 22.1 Å². The van der Waals surface area contributed by atoms with Gasteiger partial charge in [0, 0.05) is 0 Å². The highest BCUT2D eigenvalue weighted by Gasteiger charge is 2.12. The van der Waals surface area contributed by atoms with E-state index >= 15 is 0 Å². The number of primary amides is 2. The third-order valence-electron chi connectivity index (χ3n) is 2.06. The molecule has 18 heavy (non-hydrogen) atoms. The second kappa shape index (κ2) is 5.92. The molecule has 1 rings (SSSR count). The van der Waals surface area contributed by atoms with Crippen LogP contribution in [0.3, 0.4) is 0 Å². The Morgan fingerprint density at radius 1 is 1.17 bits per heavy atom. The lowest BCUT2D eigenvalue weighted by atomic mass is 10.3. The third kappa shape index (κ3) is 3.98. The van der Waals surface area contributed by atoms with E-state index in [9.17, 15) is 9.59 Å². The Morgan fingerprint density at radius 2 is 1.72 bits per heavy atom. The first-order valence-corrected chi connectivity index (χ1v) is 5.38. The standard InChI is InChI=1S/C10H13N5O2S/c11-8(16)4-15(5-9(12)17)6-1-2-7(10(13)18)14-3-6/h1-3H,4-5H2,(H2,11,16)(H2,12,17)(H2,13,18). The summed E-state index contributed by atoms with van der Waals surface area (Å²) in [5, 5.41) is 0. The molecule has 0 bridgehead atoms. The number of amides is 2. The van der Waals surface area contributed by atoms with E-state index in [-0.39, 0.29) is 18.1 Å². The van der Waals surface area contributed by atoms with Crippen LogP contribution in [0.2, 0.25) is 0 Å². The number of nitrogens with zero attached hydrogens (tertiary/aromatic N) is 2. The molecule has 0 radical (unpaired) electrons. The van der Waals surface area contributed by atoms with Crippen molar-refractivity contribution in [2.24, 2.45) is 17.2 Å². The molecule has 0 atom stereocenters. The molecule has 0 aromatic carbocycles. The number of carbonyl (C=O) groups excluding carboxylic acids is 2. The topological polar surface area (TPSA) is 128 Å². The summed E-state index contributed by atoms with van der Waals surface area (Å²) in [5.74, 6) is -1.15. The Kier molecular flexibility index (Phi) is 4.55. The fourth-order valence-corrected chi connectivity index (χ4v) is 1.45. The molecule has 0 spiro atoms. The minimum absolute atomic E-state index is 0.128. The van der Waals surface area contributed by atoms with Crippen molar-refractivity contribution in [3.63, 3.8) is 0 Å². The van der Waals surface area contributed by atoms with E-state index in [2.05, 4.69) is 4.98 Å². The number of rotatable bonds is 6. The molecular weight excluding hydrogens is 254 g/mol. The molecule has 1 aromatic heterocycles. The van der Waals surface area contributed by atoms with E-state index in [0.29, 0.717) is 11.4 Å². The molecule has 0 fully saturated rings. The molecule has 0 unspecified atom stereocenters. The predicted octanol–water partition coefficient (Wildman–Crippen LogP) is -1.51. The van der Waals surface area contributed by atoms with Crippen molar-refractivity contribution in [1.82, 2.24) is 4.98 Å². The fourth-order valence-electron chi connectivity index (χ4n) is 1.33. The minimum atomic E-state index is -0.574. The Morgan fingerprint density at radius 3 is 2.06 bits per heavy atom. The van der Waals surface area contributed by atoms with E-state index in [1.165, 1.54) is 11.1 Å². The van der Waals surface area contributed by atoms with Crippen molar-refractivity contribution in [3.05, 3.63) is 24.0 Å². The predicted molar refractivity (Wildman–Crippen MR) is 70.7 cm³/mol. The number of carbonyl (C=O) groups is 2. The lowest BCUT2D eigenvalue weighted by Gasteiger charge is -2.21. The van der Waals surface area contributed by atoms with Gasteiger partial charge in [-0.3, -0.25) is 14.6 Å². The Balaban J connectivity index is 2.93. The van der Waals surface area contributed by atoms with Crippen molar-refractivity contribution in [2.75, 3.05) is 18.0 Å². The second-order valence-electron chi connectivity index (χ2n) is 3.55. The Hall–Kier alpha value is -2.22. The highest BCUT2D eigenvalue weighted by molar-refractivity contribution is 7.80. The van der Waals surface area contributed by atoms with Crippen molar-refractivity contribution < 1.29 is 9.59 Å². The maximum Gasteiger partial charge on any atom is 0.236 e. The Bertz CT molecular complexity index is 458. The van der Waals surface area contributed by atoms with Crippen molar-refractivity contribution in [3.8, 4) is 0 Å². The van der Waals surface area contributed by atoms with Crippen LogP contribution in [0.15, 0.2) is 18.3 Å². The maximum absolute atomic E-state index is 10.9. The van der Waals surface area contributed by atoms with Gasteiger partial charge in [0.25, 0.3) is 0 Å². The Labute approximate surface area is 109 Å². The monoisotopic (exact) mass is 267 g/mol. The van der Waals surface area contributed by atoms with Crippen LogP contribution in [0.5, 0.6) is 0 Å². The average molecular weight is 267 g/mol. The van der Waals surface area contributed by atoms with Gasteiger partial charge >= 0.3 is 0 Å². The molecule has 7 nitrogen and oxygen atoms in total. The van der Waals surface area contributed by atoms with Crippen LogP contribution in [0.4, 0.5) is 5.69 Å². The van der Waals surface area contributed by atoms with Crippen LogP contribution in [-0.2, 0) is 9.59 Å². The van der Waals surface area contributed by atoms with E-state index in [0.717, 1.165) is 0 Å². The molecule has 8 heteroatoms. The maximum atomic E-state index is 10.9. The number of pyridine rings is 1. The van der Waals surface area contributed by atoms with Gasteiger partial charge in [-0.2, -0.15) is 0 Å².